The Kier molecular flexibility index (Phi) is 5.31. The molecule has 1 aromatic carbocycles. The maximum atomic E-state index is 13.2. The first-order chi connectivity index (χ1) is 14.4. The number of hydrogen-bond donors (Lipinski definition) is 2. The SMILES string of the molecule is CCOc1cccc(OCC)c1C(=O)NC1C(=O)N2C(c3nn[nH]n3)C(C)(C)S[C@H]12. The van der Waals surface area contributed by atoms with Crippen LogP contribution in [0.25, 0.3) is 0 Å². The van der Waals surface area contributed by atoms with E-state index < -0.39 is 11.9 Å². The molecule has 0 bridgehead atoms. The van der Waals surface area contributed by atoms with Gasteiger partial charge < -0.3 is 19.7 Å². The Morgan fingerprint density at radius 2 is 1.93 bits per heavy atom. The van der Waals surface area contributed by atoms with Crippen molar-refractivity contribution in [2.45, 2.75) is 49.9 Å². The van der Waals surface area contributed by atoms with E-state index >= 15 is 0 Å². The normalized spacial score (nSPS) is 24.2. The average molecular weight is 433 g/mol. The summed E-state index contributed by atoms with van der Waals surface area (Å²) < 4.78 is 10.9. The fourth-order valence-corrected chi connectivity index (χ4v) is 5.58. The van der Waals surface area contributed by atoms with Gasteiger partial charge in [-0.25, -0.2) is 0 Å². The molecule has 160 valence electrons. The fraction of sp³-hybridized carbons (Fsp3) is 0.526. The van der Waals surface area contributed by atoms with Gasteiger partial charge in [-0.3, -0.25) is 9.59 Å². The van der Waals surface area contributed by atoms with Crippen LogP contribution in [0.15, 0.2) is 18.2 Å². The van der Waals surface area contributed by atoms with E-state index in [1.165, 1.54) is 0 Å². The zero-order chi connectivity index (χ0) is 21.5. The third-order valence-corrected chi connectivity index (χ3v) is 6.72. The molecule has 11 heteroatoms. The van der Waals surface area contributed by atoms with E-state index in [0.29, 0.717) is 36.1 Å². The van der Waals surface area contributed by atoms with Crippen LogP contribution in [-0.4, -0.2) is 66.7 Å². The molecule has 2 aromatic rings. The predicted octanol–water partition coefficient (Wildman–Crippen LogP) is 1.53. The lowest BCUT2D eigenvalue weighted by molar-refractivity contribution is -0.148. The van der Waals surface area contributed by atoms with E-state index in [9.17, 15) is 9.59 Å². The van der Waals surface area contributed by atoms with Gasteiger partial charge in [-0.15, -0.1) is 22.0 Å². The van der Waals surface area contributed by atoms with E-state index in [0.717, 1.165) is 0 Å². The van der Waals surface area contributed by atoms with Gasteiger partial charge in [0.15, 0.2) is 5.82 Å². The van der Waals surface area contributed by atoms with Crippen molar-refractivity contribution in [3.05, 3.63) is 29.6 Å². The van der Waals surface area contributed by atoms with Crippen molar-refractivity contribution in [1.82, 2.24) is 30.8 Å². The quantitative estimate of drug-likeness (QED) is 0.632. The third-order valence-electron chi connectivity index (χ3n) is 5.15. The van der Waals surface area contributed by atoms with Gasteiger partial charge in [0.2, 0.25) is 5.91 Å². The highest BCUT2D eigenvalue weighted by atomic mass is 32.2. The summed E-state index contributed by atoms with van der Waals surface area (Å²) in [4.78, 5) is 27.8. The molecule has 3 heterocycles. The highest BCUT2D eigenvalue weighted by molar-refractivity contribution is 8.01. The van der Waals surface area contributed by atoms with Gasteiger partial charge in [0.25, 0.3) is 5.91 Å². The van der Waals surface area contributed by atoms with Gasteiger partial charge in [0, 0.05) is 4.75 Å². The Labute approximate surface area is 178 Å². The average Bonchev–Trinajstić information content (AvgIpc) is 3.31. The number of aromatic amines is 1. The van der Waals surface area contributed by atoms with E-state index in [1.54, 1.807) is 34.9 Å². The summed E-state index contributed by atoms with van der Waals surface area (Å²) in [7, 11) is 0. The zero-order valence-corrected chi connectivity index (χ0v) is 18.0. The number of amides is 2. The van der Waals surface area contributed by atoms with Crippen molar-refractivity contribution in [3.63, 3.8) is 0 Å². The van der Waals surface area contributed by atoms with E-state index in [1.807, 2.05) is 27.7 Å². The van der Waals surface area contributed by atoms with Crippen LogP contribution in [0, 0.1) is 0 Å². The van der Waals surface area contributed by atoms with Crippen molar-refractivity contribution in [2.24, 2.45) is 0 Å². The molecule has 10 nitrogen and oxygen atoms in total. The summed E-state index contributed by atoms with van der Waals surface area (Å²) in [5.41, 5.74) is 0.296. The van der Waals surface area contributed by atoms with E-state index in [2.05, 4.69) is 25.9 Å². The highest BCUT2D eigenvalue weighted by Crippen LogP contribution is 2.56. The molecule has 0 aliphatic carbocycles. The van der Waals surface area contributed by atoms with Crippen LogP contribution >= 0.6 is 11.8 Å². The number of fused-ring (bicyclic) bond motifs is 1. The van der Waals surface area contributed by atoms with Crippen molar-refractivity contribution < 1.29 is 19.1 Å². The summed E-state index contributed by atoms with van der Waals surface area (Å²) >= 11 is 1.61. The second kappa shape index (κ2) is 7.78. The summed E-state index contributed by atoms with van der Waals surface area (Å²) in [6.45, 7) is 8.56. The number of ether oxygens (including phenoxy) is 2. The highest BCUT2D eigenvalue weighted by Gasteiger charge is 2.63. The number of benzene rings is 1. The second-order valence-corrected chi connectivity index (χ2v) is 9.25. The number of hydrogen-bond acceptors (Lipinski definition) is 8. The Morgan fingerprint density at radius 1 is 1.27 bits per heavy atom. The molecule has 2 aliphatic rings. The van der Waals surface area contributed by atoms with Crippen molar-refractivity contribution in [3.8, 4) is 11.5 Å². The molecule has 2 saturated heterocycles. The summed E-state index contributed by atoms with van der Waals surface area (Å²) in [5, 5.41) is 16.9. The third kappa shape index (κ3) is 3.26. The van der Waals surface area contributed by atoms with Crippen LogP contribution < -0.4 is 14.8 Å². The monoisotopic (exact) mass is 432 g/mol. The van der Waals surface area contributed by atoms with Crippen molar-refractivity contribution >= 4 is 23.6 Å². The molecule has 4 rings (SSSR count). The minimum absolute atomic E-state index is 0.173. The van der Waals surface area contributed by atoms with Crippen LogP contribution in [0.2, 0.25) is 0 Å². The summed E-state index contributed by atoms with van der Waals surface area (Å²) in [6, 6.07) is 4.24. The molecule has 0 radical (unpaired) electrons. The predicted molar refractivity (Wildman–Crippen MR) is 109 cm³/mol. The molecule has 2 amide bonds. The summed E-state index contributed by atoms with van der Waals surface area (Å²) in [5.74, 6) is 0.741. The molecule has 2 unspecified atom stereocenters. The number of nitrogens with one attached hydrogen (secondary N) is 2. The number of carbonyl (C=O) groups is 2. The first kappa shape index (κ1) is 20.5. The van der Waals surface area contributed by atoms with Gasteiger partial charge in [-0.2, -0.15) is 5.21 Å². The van der Waals surface area contributed by atoms with Crippen LogP contribution in [-0.2, 0) is 4.79 Å². The lowest BCUT2D eigenvalue weighted by Gasteiger charge is -2.44. The van der Waals surface area contributed by atoms with Gasteiger partial charge in [0.05, 0.1) is 13.2 Å². The zero-order valence-electron chi connectivity index (χ0n) is 17.2. The number of thioether (sulfide) groups is 1. The molecule has 2 aliphatic heterocycles. The van der Waals surface area contributed by atoms with Gasteiger partial charge in [-0.05, 0) is 39.8 Å². The van der Waals surface area contributed by atoms with E-state index in [-0.39, 0.29) is 22.1 Å². The number of nitrogens with zero attached hydrogens (tertiary/aromatic N) is 4. The van der Waals surface area contributed by atoms with Crippen LogP contribution in [0.1, 0.15) is 49.9 Å². The van der Waals surface area contributed by atoms with Crippen molar-refractivity contribution in [1.29, 1.82) is 0 Å². The van der Waals surface area contributed by atoms with Gasteiger partial charge in [-0.1, -0.05) is 11.3 Å². The van der Waals surface area contributed by atoms with Gasteiger partial charge in [0.1, 0.15) is 34.5 Å². The van der Waals surface area contributed by atoms with Crippen LogP contribution in [0.3, 0.4) is 0 Å². The van der Waals surface area contributed by atoms with Crippen molar-refractivity contribution in [2.75, 3.05) is 13.2 Å². The maximum Gasteiger partial charge on any atom is 0.259 e. The lowest BCUT2D eigenvalue weighted by atomic mass is 9.95. The number of β-lactam (4-membered cyclic amide) rings is 1. The number of aromatic nitrogens is 4. The molecule has 1 aromatic heterocycles. The molecule has 0 saturated carbocycles. The Balaban J connectivity index is 1.57. The minimum atomic E-state index is -0.650. The number of H-pyrrole nitrogens is 1. The van der Waals surface area contributed by atoms with Gasteiger partial charge >= 0.3 is 0 Å². The molecule has 2 fully saturated rings. The summed E-state index contributed by atoms with van der Waals surface area (Å²) in [6.07, 6.45) is 0. The number of rotatable bonds is 7. The van der Waals surface area contributed by atoms with Crippen LogP contribution in [0.4, 0.5) is 0 Å². The smallest absolute Gasteiger partial charge is 0.259 e. The molecule has 3 atom stereocenters. The first-order valence-corrected chi connectivity index (χ1v) is 10.7. The second-order valence-electron chi connectivity index (χ2n) is 7.48. The fourth-order valence-electron chi connectivity index (χ4n) is 3.95. The molecule has 0 spiro atoms. The number of tetrazole rings is 1. The number of carbonyl (C=O) groups excluding carboxylic acids is 2. The van der Waals surface area contributed by atoms with Crippen LogP contribution in [0.5, 0.6) is 11.5 Å². The minimum Gasteiger partial charge on any atom is -0.493 e. The largest absolute Gasteiger partial charge is 0.493 e. The lowest BCUT2D eigenvalue weighted by Crippen LogP contribution is -2.67. The Bertz CT molecular complexity index is 926. The first-order valence-electron chi connectivity index (χ1n) is 9.81. The molecular weight excluding hydrogens is 408 g/mol. The van der Waals surface area contributed by atoms with E-state index in [4.69, 9.17) is 9.47 Å². The Morgan fingerprint density at radius 3 is 2.50 bits per heavy atom. The molecular formula is C19H24N6O4S. The molecule has 2 N–H and O–H groups in total. The molecule has 30 heavy (non-hydrogen) atoms. The maximum absolute atomic E-state index is 13.2. The topological polar surface area (TPSA) is 122 Å². The standard InChI is InChI=1S/C19H24N6O4S/c1-5-28-10-8-7-9-11(29-6-2)12(10)16(26)20-13-17(27)25-14(15-21-23-24-22-15)19(3,4)30-18(13)25/h7-9,13-14,18H,5-6H2,1-4H3,(H,20,26)(H,21,22,23,24)/t13?,14?,18-/m1/s1. The Hall–Kier alpha value is -2.82.